The van der Waals surface area contributed by atoms with Crippen LogP contribution in [-0.2, 0) is 4.79 Å². The Morgan fingerprint density at radius 1 is 1.47 bits per heavy atom. The van der Waals surface area contributed by atoms with Crippen molar-refractivity contribution in [2.45, 2.75) is 58.1 Å². The Bertz CT molecular complexity index is 226. The van der Waals surface area contributed by atoms with Crippen molar-refractivity contribution >= 4 is 5.78 Å². The van der Waals surface area contributed by atoms with E-state index < -0.39 is 5.60 Å². The van der Waals surface area contributed by atoms with E-state index in [9.17, 15) is 9.90 Å². The summed E-state index contributed by atoms with van der Waals surface area (Å²) in [6, 6.07) is 0.0175. The average Bonchev–Trinajstić information content (AvgIpc) is 2.37. The lowest BCUT2D eigenvalue weighted by Crippen LogP contribution is -2.40. The zero-order valence-corrected chi connectivity index (χ0v) is 10.1. The molecular formula is C12H23NO2. The predicted octanol–water partition coefficient (Wildman–Crippen LogP) is 1.59. The van der Waals surface area contributed by atoms with Gasteiger partial charge >= 0.3 is 0 Å². The number of ketones is 1. The molecule has 1 rings (SSSR count). The molecule has 3 heteroatoms. The summed E-state index contributed by atoms with van der Waals surface area (Å²) < 4.78 is 0. The topological polar surface area (TPSA) is 40.5 Å². The zero-order valence-electron chi connectivity index (χ0n) is 10.1. The number of rotatable bonds is 3. The number of hydrogen-bond donors (Lipinski definition) is 1. The van der Waals surface area contributed by atoms with Crippen LogP contribution in [0.3, 0.4) is 0 Å². The molecule has 1 fully saturated rings. The number of likely N-dealkylation sites (tertiary alicyclic amines) is 1. The van der Waals surface area contributed by atoms with Gasteiger partial charge in [0.2, 0.25) is 0 Å². The van der Waals surface area contributed by atoms with Gasteiger partial charge in [0.1, 0.15) is 5.78 Å². The van der Waals surface area contributed by atoms with E-state index in [2.05, 4.69) is 4.90 Å². The van der Waals surface area contributed by atoms with Crippen LogP contribution in [0.25, 0.3) is 0 Å². The van der Waals surface area contributed by atoms with Gasteiger partial charge < -0.3 is 5.11 Å². The van der Waals surface area contributed by atoms with E-state index in [0.29, 0.717) is 12.2 Å². The van der Waals surface area contributed by atoms with Gasteiger partial charge in [-0.25, -0.2) is 0 Å². The van der Waals surface area contributed by atoms with Gasteiger partial charge in [-0.15, -0.1) is 0 Å². The Balaban J connectivity index is 2.54. The van der Waals surface area contributed by atoms with Crippen LogP contribution in [0.1, 0.15) is 46.5 Å². The summed E-state index contributed by atoms with van der Waals surface area (Å²) in [5.41, 5.74) is -0.538. The van der Waals surface area contributed by atoms with Crippen molar-refractivity contribution in [1.29, 1.82) is 0 Å². The molecule has 0 spiro atoms. The smallest absolute Gasteiger partial charge is 0.149 e. The second-order valence-corrected chi connectivity index (χ2v) is 4.88. The Kier molecular flexibility index (Phi) is 4.29. The maximum atomic E-state index is 11.6. The van der Waals surface area contributed by atoms with E-state index in [-0.39, 0.29) is 6.04 Å². The quantitative estimate of drug-likeness (QED) is 0.774. The molecule has 3 nitrogen and oxygen atoms in total. The van der Waals surface area contributed by atoms with E-state index in [1.807, 2.05) is 20.8 Å². The van der Waals surface area contributed by atoms with E-state index in [1.54, 1.807) is 0 Å². The minimum absolute atomic E-state index is 0.0175. The molecule has 1 heterocycles. The lowest BCUT2D eigenvalue weighted by molar-refractivity contribution is -0.123. The van der Waals surface area contributed by atoms with Crippen molar-refractivity contribution < 1.29 is 9.90 Å². The number of carbonyl (C=O) groups is 1. The van der Waals surface area contributed by atoms with Crippen molar-refractivity contribution in [3.8, 4) is 0 Å². The largest absolute Gasteiger partial charge is 0.390 e. The first kappa shape index (κ1) is 12.7. The zero-order chi connectivity index (χ0) is 11.5. The molecule has 0 amide bonds. The highest BCUT2D eigenvalue weighted by atomic mass is 16.3. The van der Waals surface area contributed by atoms with Gasteiger partial charge in [-0.1, -0.05) is 6.92 Å². The maximum Gasteiger partial charge on any atom is 0.149 e. The standard InChI is InChI=1S/C12H23NO2/c1-4-11(14)10(2)13-8-5-6-12(3,15)7-9-13/h10,15H,4-9H2,1-3H3. The molecule has 1 aliphatic heterocycles. The van der Waals surface area contributed by atoms with E-state index in [0.717, 1.165) is 32.4 Å². The molecule has 88 valence electrons. The fourth-order valence-corrected chi connectivity index (χ4v) is 2.17. The summed E-state index contributed by atoms with van der Waals surface area (Å²) in [5, 5.41) is 9.94. The lowest BCUT2D eigenvalue weighted by Gasteiger charge is -2.27. The number of Topliss-reactive ketones (excluding diaryl/α,β-unsaturated/α-hetero) is 1. The molecule has 1 N–H and O–H groups in total. The van der Waals surface area contributed by atoms with Crippen LogP contribution < -0.4 is 0 Å². The highest BCUT2D eigenvalue weighted by Crippen LogP contribution is 2.22. The maximum absolute atomic E-state index is 11.6. The van der Waals surface area contributed by atoms with Crippen molar-refractivity contribution in [1.82, 2.24) is 4.90 Å². The molecule has 2 atom stereocenters. The summed E-state index contributed by atoms with van der Waals surface area (Å²) in [5.74, 6) is 0.302. The summed E-state index contributed by atoms with van der Waals surface area (Å²) >= 11 is 0. The van der Waals surface area contributed by atoms with Crippen LogP contribution in [0.4, 0.5) is 0 Å². The number of aliphatic hydroxyl groups is 1. The molecule has 0 bridgehead atoms. The van der Waals surface area contributed by atoms with E-state index in [4.69, 9.17) is 0 Å². The highest BCUT2D eigenvalue weighted by Gasteiger charge is 2.28. The van der Waals surface area contributed by atoms with Crippen molar-refractivity contribution in [2.75, 3.05) is 13.1 Å². The highest BCUT2D eigenvalue weighted by molar-refractivity contribution is 5.83. The summed E-state index contributed by atoms with van der Waals surface area (Å²) in [7, 11) is 0. The van der Waals surface area contributed by atoms with E-state index >= 15 is 0 Å². The van der Waals surface area contributed by atoms with Gasteiger partial charge in [0.15, 0.2) is 0 Å². The predicted molar refractivity (Wildman–Crippen MR) is 60.8 cm³/mol. The fourth-order valence-electron chi connectivity index (χ4n) is 2.17. The minimum Gasteiger partial charge on any atom is -0.390 e. The molecule has 1 aliphatic rings. The van der Waals surface area contributed by atoms with Crippen LogP contribution in [0.5, 0.6) is 0 Å². The van der Waals surface area contributed by atoms with Crippen molar-refractivity contribution in [3.05, 3.63) is 0 Å². The van der Waals surface area contributed by atoms with Crippen molar-refractivity contribution in [2.24, 2.45) is 0 Å². The third-order valence-electron chi connectivity index (χ3n) is 3.46. The molecule has 1 saturated heterocycles. The van der Waals surface area contributed by atoms with Crippen LogP contribution >= 0.6 is 0 Å². The normalized spacial score (nSPS) is 30.9. The number of hydrogen-bond acceptors (Lipinski definition) is 3. The van der Waals surface area contributed by atoms with Gasteiger partial charge in [0.25, 0.3) is 0 Å². The van der Waals surface area contributed by atoms with Crippen LogP contribution in [-0.4, -0.2) is 40.5 Å². The first-order valence-corrected chi connectivity index (χ1v) is 5.95. The van der Waals surface area contributed by atoms with E-state index in [1.165, 1.54) is 0 Å². The molecule has 0 saturated carbocycles. The second-order valence-electron chi connectivity index (χ2n) is 4.88. The first-order chi connectivity index (χ1) is 6.96. The monoisotopic (exact) mass is 213 g/mol. The summed E-state index contributed by atoms with van der Waals surface area (Å²) in [6.45, 7) is 7.55. The van der Waals surface area contributed by atoms with Crippen LogP contribution in [0.2, 0.25) is 0 Å². The minimum atomic E-state index is -0.538. The lowest BCUT2D eigenvalue weighted by atomic mass is 9.98. The van der Waals surface area contributed by atoms with Gasteiger partial charge in [-0.2, -0.15) is 0 Å². The van der Waals surface area contributed by atoms with Gasteiger partial charge in [-0.3, -0.25) is 9.69 Å². The summed E-state index contributed by atoms with van der Waals surface area (Å²) in [6.07, 6.45) is 3.20. The molecule has 15 heavy (non-hydrogen) atoms. The Hall–Kier alpha value is -0.410. The average molecular weight is 213 g/mol. The molecule has 0 radical (unpaired) electrons. The molecule has 2 unspecified atom stereocenters. The molecule has 0 aromatic heterocycles. The van der Waals surface area contributed by atoms with Crippen molar-refractivity contribution in [3.63, 3.8) is 0 Å². The van der Waals surface area contributed by atoms with Gasteiger partial charge in [0.05, 0.1) is 11.6 Å². The molecule has 0 aliphatic carbocycles. The SMILES string of the molecule is CCC(=O)C(C)N1CCCC(C)(O)CC1. The number of nitrogens with zero attached hydrogens (tertiary/aromatic N) is 1. The van der Waals surface area contributed by atoms with Gasteiger partial charge in [-0.05, 0) is 39.7 Å². The number of carbonyl (C=O) groups excluding carboxylic acids is 1. The molecular weight excluding hydrogens is 190 g/mol. The summed E-state index contributed by atoms with van der Waals surface area (Å²) in [4.78, 5) is 13.8. The second kappa shape index (κ2) is 5.08. The molecule has 0 aromatic rings. The van der Waals surface area contributed by atoms with Gasteiger partial charge in [0, 0.05) is 13.0 Å². The first-order valence-electron chi connectivity index (χ1n) is 5.95. The van der Waals surface area contributed by atoms with Crippen LogP contribution in [0, 0.1) is 0 Å². The Morgan fingerprint density at radius 3 is 2.73 bits per heavy atom. The Morgan fingerprint density at radius 2 is 2.13 bits per heavy atom. The molecule has 0 aromatic carbocycles. The fraction of sp³-hybridized carbons (Fsp3) is 0.917. The third kappa shape index (κ3) is 3.58. The third-order valence-corrected chi connectivity index (χ3v) is 3.46. The van der Waals surface area contributed by atoms with Crippen LogP contribution in [0.15, 0.2) is 0 Å². The Labute approximate surface area is 92.5 Å².